The van der Waals surface area contributed by atoms with Crippen LogP contribution in [0.4, 0.5) is 5.95 Å². The van der Waals surface area contributed by atoms with E-state index in [1.807, 2.05) is 0 Å². The summed E-state index contributed by atoms with van der Waals surface area (Å²) in [7, 11) is -2.99. The van der Waals surface area contributed by atoms with Crippen LogP contribution < -0.4 is 11.5 Å². The second-order valence-electron chi connectivity index (χ2n) is 3.10. The number of aromatic nitrogens is 3. The molecule has 0 aromatic carbocycles. The minimum Gasteiger partial charge on any atom is -0.367 e. The molecule has 14 heavy (non-hydrogen) atoms. The molecule has 8 heteroatoms. The summed E-state index contributed by atoms with van der Waals surface area (Å²) in [5.41, 5.74) is 10.9. The lowest BCUT2D eigenvalue weighted by molar-refractivity contribution is 0.587. The molecule has 0 saturated carbocycles. The van der Waals surface area contributed by atoms with Gasteiger partial charge in [0.1, 0.15) is 15.7 Å². The Labute approximate surface area is 81.8 Å². The number of hydrogen-bond acceptors (Lipinski definition) is 6. The molecule has 80 valence electrons. The van der Waals surface area contributed by atoms with E-state index in [4.69, 9.17) is 11.5 Å². The summed E-state index contributed by atoms with van der Waals surface area (Å²) in [6, 6.07) is -0.477. The second kappa shape index (κ2) is 3.93. The highest BCUT2D eigenvalue weighted by Gasteiger charge is 2.13. The highest BCUT2D eigenvalue weighted by atomic mass is 32.2. The molecule has 0 bridgehead atoms. The minimum atomic E-state index is -2.99. The Balaban J connectivity index is 2.55. The van der Waals surface area contributed by atoms with Crippen molar-refractivity contribution in [1.82, 2.24) is 15.2 Å². The maximum absolute atomic E-state index is 10.8. The first kappa shape index (κ1) is 10.9. The van der Waals surface area contributed by atoms with Crippen LogP contribution in [-0.2, 0) is 9.84 Å². The second-order valence-corrected chi connectivity index (χ2v) is 5.36. The Morgan fingerprint density at radius 3 is 2.64 bits per heavy atom. The van der Waals surface area contributed by atoms with Gasteiger partial charge in [0.15, 0.2) is 0 Å². The molecule has 0 fully saturated rings. The van der Waals surface area contributed by atoms with Gasteiger partial charge in [-0.3, -0.25) is 5.10 Å². The van der Waals surface area contributed by atoms with Gasteiger partial charge < -0.3 is 11.5 Å². The van der Waals surface area contributed by atoms with Gasteiger partial charge in [-0.05, 0) is 6.42 Å². The van der Waals surface area contributed by atoms with E-state index in [1.54, 1.807) is 0 Å². The maximum Gasteiger partial charge on any atom is 0.239 e. The van der Waals surface area contributed by atoms with Gasteiger partial charge in [-0.1, -0.05) is 0 Å². The molecule has 0 aliphatic carbocycles. The van der Waals surface area contributed by atoms with Crippen LogP contribution in [0.25, 0.3) is 0 Å². The lowest BCUT2D eigenvalue weighted by Gasteiger charge is -2.05. The van der Waals surface area contributed by atoms with Crippen LogP contribution in [0.2, 0.25) is 0 Å². The summed E-state index contributed by atoms with van der Waals surface area (Å²) in [5.74, 6) is 0.537. The van der Waals surface area contributed by atoms with Crippen LogP contribution in [-0.4, -0.2) is 35.6 Å². The molecule has 0 radical (unpaired) electrons. The summed E-state index contributed by atoms with van der Waals surface area (Å²) in [6.45, 7) is 0. The van der Waals surface area contributed by atoms with Crippen molar-refractivity contribution in [3.63, 3.8) is 0 Å². The third kappa shape index (κ3) is 3.30. The number of nitrogens with one attached hydrogen (secondary N) is 1. The van der Waals surface area contributed by atoms with Gasteiger partial charge in [-0.15, -0.1) is 5.10 Å². The number of hydrogen-bond donors (Lipinski definition) is 3. The van der Waals surface area contributed by atoms with Crippen molar-refractivity contribution in [1.29, 1.82) is 0 Å². The molecule has 0 aliphatic heterocycles. The first-order valence-corrected chi connectivity index (χ1v) is 6.05. The predicted octanol–water partition coefficient (Wildman–Crippen LogP) is -1.18. The lowest BCUT2D eigenvalue weighted by Crippen LogP contribution is -2.17. The predicted molar refractivity (Wildman–Crippen MR) is 52.1 cm³/mol. The number of rotatable bonds is 4. The van der Waals surface area contributed by atoms with E-state index in [1.165, 1.54) is 0 Å². The molecular formula is C6H13N5O2S. The average Bonchev–Trinajstić information content (AvgIpc) is 2.46. The maximum atomic E-state index is 10.8. The molecule has 1 atom stereocenters. The summed E-state index contributed by atoms with van der Waals surface area (Å²) < 4.78 is 21.7. The Morgan fingerprint density at radius 2 is 2.21 bits per heavy atom. The standard InChI is InChI=1S/C6H13N5O2S/c1-14(12,13)3-2-4(7)5-9-6(8)11-10-5/h4H,2-3,7H2,1H3,(H3,8,9,10,11). The number of H-pyrrole nitrogens is 1. The minimum absolute atomic E-state index is 0.0226. The smallest absolute Gasteiger partial charge is 0.239 e. The average molecular weight is 219 g/mol. The number of nitrogens with zero attached hydrogens (tertiary/aromatic N) is 2. The molecule has 0 spiro atoms. The molecule has 1 rings (SSSR count). The van der Waals surface area contributed by atoms with Gasteiger partial charge in [0.05, 0.1) is 11.8 Å². The van der Waals surface area contributed by atoms with E-state index < -0.39 is 15.9 Å². The largest absolute Gasteiger partial charge is 0.367 e. The fourth-order valence-electron chi connectivity index (χ4n) is 0.932. The topological polar surface area (TPSA) is 128 Å². The lowest BCUT2D eigenvalue weighted by atomic mass is 10.2. The van der Waals surface area contributed by atoms with Crippen molar-refractivity contribution in [2.45, 2.75) is 12.5 Å². The van der Waals surface area contributed by atoms with Crippen molar-refractivity contribution >= 4 is 15.8 Å². The fourth-order valence-corrected chi connectivity index (χ4v) is 1.61. The van der Waals surface area contributed by atoms with Crippen molar-refractivity contribution in [3.05, 3.63) is 5.82 Å². The van der Waals surface area contributed by atoms with Crippen LogP contribution in [0.3, 0.4) is 0 Å². The number of anilines is 1. The van der Waals surface area contributed by atoms with Gasteiger partial charge in [0, 0.05) is 6.26 Å². The highest BCUT2D eigenvalue weighted by Crippen LogP contribution is 2.10. The monoisotopic (exact) mass is 219 g/mol. The van der Waals surface area contributed by atoms with E-state index in [9.17, 15) is 8.42 Å². The quantitative estimate of drug-likeness (QED) is 0.585. The first-order valence-electron chi connectivity index (χ1n) is 3.99. The van der Waals surface area contributed by atoms with E-state index in [0.29, 0.717) is 12.2 Å². The SMILES string of the molecule is CS(=O)(=O)CCC(N)c1nc(N)n[nH]1. The van der Waals surface area contributed by atoms with Gasteiger partial charge in [-0.25, -0.2) is 8.42 Å². The number of aromatic amines is 1. The zero-order valence-electron chi connectivity index (χ0n) is 7.77. The van der Waals surface area contributed by atoms with Crippen molar-refractivity contribution in [2.75, 3.05) is 17.7 Å². The van der Waals surface area contributed by atoms with Gasteiger partial charge >= 0.3 is 0 Å². The third-order valence-electron chi connectivity index (χ3n) is 1.67. The van der Waals surface area contributed by atoms with Gasteiger partial charge in [-0.2, -0.15) is 4.98 Å². The highest BCUT2D eigenvalue weighted by molar-refractivity contribution is 7.90. The van der Waals surface area contributed by atoms with Crippen LogP contribution in [0.1, 0.15) is 18.3 Å². The molecule has 0 aliphatic rings. The molecule has 5 N–H and O–H groups in total. The van der Waals surface area contributed by atoms with Crippen molar-refractivity contribution < 1.29 is 8.42 Å². The molecular weight excluding hydrogens is 206 g/mol. The number of sulfone groups is 1. The zero-order valence-corrected chi connectivity index (χ0v) is 8.58. The van der Waals surface area contributed by atoms with E-state index in [2.05, 4.69) is 15.2 Å². The molecule has 1 aromatic rings. The Bertz CT molecular complexity index is 398. The van der Waals surface area contributed by atoms with Gasteiger partial charge in [0.2, 0.25) is 5.95 Å². The molecule has 0 saturated heterocycles. The van der Waals surface area contributed by atoms with E-state index in [0.717, 1.165) is 6.26 Å². The molecule has 1 unspecified atom stereocenters. The van der Waals surface area contributed by atoms with Crippen LogP contribution in [0, 0.1) is 0 Å². The van der Waals surface area contributed by atoms with Crippen molar-refractivity contribution in [3.8, 4) is 0 Å². The molecule has 7 nitrogen and oxygen atoms in total. The summed E-state index contributed by atoms with van der Waals surface area (Å²) >= 11 is 0. The first-order chi connectivity index (χ1) is 6.38. The van der Waals surface area contributed by atoms with E-state index >= 15 is 0 Å². The Morgan fingerprint density at radius 1 is 1.57 bits per heavy atom. The fraction of sp³-hybridized carbons (Fsp3) is 0.667. The summed E-state index contributed by atoms with van der Waals surface area (Å²) in [4.78, 5) is 3.80. The zero-order chi connectivity index (χ0) is 10.8. The molecule has 1 heterocycles. The summed E-state index contributed by atoms with van der Waals surface area (Å²) in [5, 5.41) is 6.13. The molecule has 0 amide bonds. The van der Waals surface area contributed by atoms with Gasteiger partial charge in [0.25, 0.3) is 0 Å². The normalized spacial score (nSPS) is 14.1. The third-order valence-corrected chi connectivity index (χ3v) is 2.65. The Hall–Kier alpha value is -1.15. The van der Waals surface area contributed by atoms with Crippen LogP contribution in [0.5, 0.6) is 0 Å². The van der Waals surface area contributed by atoms with Crippen molar-refractivity contribution in [2.24, 2.45) is 5.73 Å². The number of nitrogen functional groups attached to an aromatic ring is 1. The van der Waals surface area contributed by atoms with Crippen LogP contribution in [0.15, 0.2) is 0 Å². The van der Waals surface area contributed by atoms with E-state index in [-0.39, 0.29) is 11.7 Å². The Kier molecular flexibility index (Phi) is 3.06. The number of nitrogens with two attached hydrogens (primary N) is 2. The summed E-state index contributed by atoms with van der Waals surface area (Å²) in [6.07, 6.45) is 1.46. The molecule has 1 aromatic heterocycles. The van der Waals surface area contributed by atoms with Crippen LogP contribution >= 0.6 is 0 Å².